The molecule has 240 valence electrons. The first-order chi connectivity index (χ1) is 21.0. The van der Waals surface area contributed by atoms with Crippen molar-refractivity contribution in [3.63, 3.8) is 0 Å². The lowest BCUT2D eigenvalue weighted by molar-refractivity contribution is -0.277. The first-order valence-electron chi connectivity index (χ1n) is 13.4. The number of aliphatic hydroxyl groups is 7. The molecule has 9 N–H and O–H groups in total. The predicted octanol–water partition coefficient (Wildman–Crippen LogP) is -1.19. The highest BCUT2D eigenvalue weighted by Crippen LogP contribution is 2.46. The summed E-state index contributed by atoms with van der Waals surface area (Å²) in [6, 6.07) is 6.50. The minimum Gasteiger partial charge on any atom is -0.507 e. The van der Waals surface area contributed by atoms with Crippen LogP contribution in [-0.2, 0) is 9.47 Å². The molecule has 0 spiro atoms. The molecule has 0 amide bonds. The van der Waals surface area contributed by atoms with Gasteiger partial charge in [0.1, 0.15) is 59.6 Å². The van der Waals surface area contributed by atoms with E-state index in [0.717, 1.165) is 6.07 Å². The fourth-order valence-electron chi connectivity index (χ4n) is 4.96. The Kier molecular flexibility index (Phi) is 9.17. The summed E-state index contributed by atoms with van der Waals surface area (Å²) in [5.74, 6) is -1.02. The first kappa shape index (κ1) is 31.7. The molecule has 44 heavy (non-hydrogen) atoms. The summed E-state index contributed by atoms with van der Waals surface area (Å²) < 4.78 is 39.3. The SMILES string of the molecule is COc1cc(-c2[o+]c3cc(O)cc(OC4O[C@H](CO)[C@@H](O)[C@H](O)[C@H]4O)c3cc2O[C@H]2O[C@H](CO)[C@@H](O)[C@@H]2O)cc(OC)c1O. The largest absolute Gasteiger partial charge is 0.507 e. The molecular formula is C28H33O16+. The van der Waals surface area contributed by atoms with Gasteiger partial charge in [-0.15, -0.1) is 0 Å². The topological polar surface area (TPSA) is 249 Å². The maximum absolute atomic E-state index is 10.5. The monoisotopic (exact) mass is 625 g/mol. The van der Waals surface area contributed by atoms with Crippen molar-refractivity contribution in [2.45, 2.75) is 55.3 Å². The number of fused-ring (bicyclic) bond motifs is 1. The van der Waals surface area contributed by atoms with Gasteiger partial charge in [0.25, 0.3) is 0 Å². The second-order valence-electron chi connectivity index (χ2n) is 10.2. The molecule has 16 heteroatoms. The molecule has 3 heterocycles. The molecule has 2 aromatic carbocycles. The van der Waals surface area contributed by atoms with Crippen LogP contribution in [0.5, 0.6) is 34.5 Å². The van der Waals surface area contributed by atoms with Crippen LogP contribution in [0.25, 0.3) is 22.3 Å². The van der Waals surface area contributed by atoms with Crippen molar-refractivity contribution < 1.29 is 78.8 Å². The van der Waals surface area contributed by atoms with E-state index in [1.807, 2.05) is 0 Å². The summed E-state index contributed by atoms with van der Waals surface area (Å²) in [4.78, 5) is 0. The molecular weight excluding hydrogens is 592 g/mol. The number of rotatable bonds is 9. The minimum atomic E-state index is -1.77. The van der Waals surface area contributed by atoms with E-state index in [9.17, 15) is 46.0 Å². The predicted molar refractivity (Wildman–Crippen MR) is 145 cm³/mol. The third-order valence-corrected chi connectivity index (χ3v) is 7.38. The average Bonchev–Trinajstić information content (AvgIpc) is 3.29. The summed E-state index contributed by atoms with van der Waals surface area (Å²) in [6.45, 7) is -1.32. The van der Waals surface area contributed by atoms with Gasteiger partial charge in [-0.3, -0.25) is 0 Å². The summed E-state index contributed by atoms with van der Waals surface area (Å²) in [5.41, 5.74) is 0.207. The molecule has 0 bridgehead atoms. The Morgan fingerprint density at radius 1 is 0.659 bits per heavy atom. The zero-order valence-electron chi connectivity index (χ0n) is 23.4. The number of phenolic OH excluding ortho intramolecular Hbond substituents is 2. The summed E-state index contributed by atoms with van der Waals surface area (Å²) >= 11 is 0. The van der Waals surface area contributed by atoms with Crippen molar-refractivity contribution in [2.24, 2.45) is 0 Å². The third-order valence-electron chi connectivity index (χ3n) is 7.38. The maximum atomic E-state index is 10.5. The Balaban J connectivity index is 1.64. The zero-order valence-corrected chi connectivity index (χ0v) is 23.4. The van der Waals surface area contributed by atoms with Crippen molar-refractivity contribution in [3.05, 3.63) is 30.3 Å². The van der Waals surface area contributed by atoms with Gasteiger partial charge in [-0.2, -0.15) is 0 Å². The standard InChI is InChI=1S/C28H32O16/c1-38-15-3-10(4-16(39-2)20(15)32)26-17(42-27-24(36)22(34)19(9-30)44-27)7-12-13(40-26)5-11(31)6-14(12)41-28-25(37)23(35)21(33)18(8-29)43-28/h3-7,18-19,21-25,27-30,33-37H,8-9H2,1-2H3,(H-,31,32)/p+1/t18-,19-,21-,22-,23+,24+,25-,27+,28?/m1/s1. The van der Waals surface area contributed by atoms with Crippen molar-refractivity contribution >= 4 is 11.0 Å². The average molecular weight is 626 g/mol. The zero-order chi connectivity index (χ0) is 31.9. The molecule has 0 aliphatic carbocycles. The normalized spacial score (nSPS) is 30.3. The van der Waals surface area contributed by atoms with Crippen LogP contribution in [0.15, 0.2) is 34.7 Å². The van der Waals surface area contributed by atoms with Crippen LogP contribution in [0.4, 0.5) is 0 Å². The van der Waals surface area contributed by atoms with E-state index in [1.54, 1.807) is 0 Å². The van der Waals surface area contributed by atoms with Crippen LogP contribution in [0.1, 0.15) is 0 Å². The Bertz CT molecular complexity index is 1450. The maximum Gasteiger partial charge on any atom is 0.402 e. The van der Waals surface area contributed by atoms with E-state index in [0.29, 0.717) is 0 Å². The Morgan fingerprint density at radius 3 is 1.73 bits per heavy atom. The highest BCUT2D eigenvalue weighted by molar-refractivity contribution is 5.89. The lowest BCUT2D eigenvalue weighted by atomic mass is 9.99. The van der Waals surface area contributed by atoms with E-state index in [1.165, 1.54) is 38.5 Å². The number of hydrogen-bond donors (Lipinski definition) is 9. The quantitative estimate of drug-likeness (QED) is 0.127. The fraction of sp³-hybridized carbons (Fsp3) is 0.464. The highest BCUT2D eigenvalue weighted by Gasteiger charge is 2.46. The van der Waals surface area contributed by atoms with Crippen LogP contribution in [-0.4, -0.2) is 129 Å². The lowest BCUT2D eigenvalue weighted by Crippen LogP contribution is -2.60. The summed E-state index contributed by atoms with van der Waals surface area (Å²) in [6.07, 6.45) is -13.8. The first-order valence-corrected chi connectivity index (χ1v) is 13.4. The number of benzene rings is 2. The van der Waals surface area contributed by atoms with Gasteiger partial charge in [0.15, 0.2) is 11.5 Å². The van der Waals surface area contributed by atoms with Crippen LogP contribution in [0.3, 0.4) is 0 Å². The van der Waals surface area contributed by atoms with E-state index in [2.05, 4.69) is 0 Å². The van der Waals surface area contributed by atoms with Gasteiger partial charge in [0.05, 0.1) is 39.1 Å². The summed E-state index contributed by atoms with van der Waals surface area (Å²) in [7, 11) is 2.63. The lowest BCUT2D eigenvalue weighted by Gasteiger charge is -2.39. The molecule has 2 aliphatic heterocycles. The minimum absolute atomic E-state index is 0.00364. The van der Waals surface area contributed by atoms with Crippen LogP contribution < -0.4 is 18.9 Å². The van der Waals surface area contributed by atoms with E-state index in [-0.39, 0.29) is 56.8 Å². The van der Waals surface area contributed by atoms with Gasteiger partial charge < -0.3 is 74.4 Å². The van der Waals surface area contributed by atoms with Gasteiger partial charge >= 0.3 is 11.3 Å². The van der Waals surface area contributed by atoms with Gasteiger partial charge in [-0.25, -0.2) is 4.42 Å². The number of ether oxygens (including phenoxy) is 6. The molecule has 9 atom stereocenters. The number of aliphatic hydroxyl groups excluding tert-OH is 7. The molecule has 1 aromatic heterocycles. The molecule has 2 aliphatic rings. The van der Waals surface area contributed by atoms with Crippen molar-refractivity contribution in [3.8, 4) is 45.8 Å². The van der Waals surface area contributed by atoms with Crippen LogP contribution >= 0.6 is 0 Å². The van der Waals surface area contributed by atoms with E-state index < -0.39 is 68.5 Å². The Morgan fingerprint density at radius 2 is 1.18 bits per heavy atom. The number of phenols is 2. The second kappa shape index (κ2) is 12.7. The van der Waals surface area contributed by atoms with Gasteiger partial charge in [-0.05, 0) is 0 Å². The third kappa shape index (κ3) is 5.74. The van der Waals surface area contributed by atoms with Gasteiger partial charge in [0.2, 0.25) is 24.1 Å². The molecule has 2 saturated heterocycles. The molecule has 0 radical (unpaired) electrons. The molecule has 16 nitrogen and oxygen atoms in total. The molecule has 2 fully saturated rings. The van der Waals surface area contributed by atoms with Crippen molar-refractivity contribution in [1.29, 1.82) is 0 Å². The van der Waals surface area contributed by atoms with Crippen LogP contribution in [0.2, 0.25) is 0 Å². The molecule has 3 aromatic rings. The Hall–Kier alpha value is -3.71. The number of methoxy groups -OCH3 is 2. The van der Waals surface area contributed by atoms with E-state index >= 15 is 0 Å². The van der Waals surface area contributed by atoms with Crippen molar-refractivity contribution in [1.82, 2.24) is 0 Å². The highest BCUT2D eigenvalue weighted by atomic mass is 16.7. The molecule has 5 rings (SSSR count). The number of aromatic hydroxyl groups is 2. The van der Waals surface area contributed by atoms with Crippen molar-refractivity contribution in [2.75, 3.05) is 27.4 Å². The summed E-state index contributed by atoms with van der Waals surface area (Å²) in [5, 5.41) is 91.7. The second-order valence-corrected chi connectivity index (χ2v) is 10.2. The Labute approximate surface area is 249 Å². The fourth-order valence-corrected chi connectivity index (χ4v) is 4.96. The van der Waals surface area contributed by atoms with E-state index in [4.69, 9.17) is 32.8 Å². The number of hydrogen-bond acceptors (Lipinski definition) is 15. The smallest absolute Gasteiger partial charge is 0.402 e. The van der Waals surface area contributed by atoms with Crippen LogP contribution in [0, 0.1) is 0 Å². The van der Waals surface area contributed by atoms with Gasteiger partial charge in [-0.1, -0.05) is 0 Å². The van der Waals surface area contributed by atoms with Gasteiger partial charge in [0, 0.05) is 24.3 Å². The molecule has 0 saturated carbocycles. The molecule has 1 unspecified atom stereocenters.